The van der Waals surface area contributed by atoms with E-state index in [2.05, 4.69) is 0 Å². The van der Waals surface area contributed by atoms with Crippen LogP contribution in [0.3, 0.4) is 0 Å². The van der Waals surface area contributed by atoms with Crippen LogP contribution >= 0.6 is 0 Å². The van der Waals surface area contributed by atoms with Crippen LogP contribution in [0, 0.1) is 0 Å². The Morgan fingerprint density at radius 1 is 0.818 bits per heavy atom. The predicted molar refractivity (Wildman–Crippen MR) is 48.8 cm³/mol. The van der Waals surface area contributed by atoms with E-state index in [1.54, 1.807) is 0 Å². The average molecular weight is 180 g/mol. The molecule has 0 radical (unpaired) electrons. The monoisotopic (exact) mass is 180 g/mol. The number of hydrogen-bond donors (Lipinski definition) is 0. The van der Waals surface area contributed by atoms with Gasteiger partial charge in [-0.15, -0.1) is 0 Å². The molecule has 11 heavy (non-hydrogen) atoms. The highest BCUT2D eigenvalue weighted by Gasteiger charge is 2.11. The van der Waals surface area contributed by atoms with Crippen molar-refractivity contribution >= 4 is 9.53 Å². The smallest absolute Gasteiger partial charge is 0.376 e. The molecule has 0 aromatic rings. The molecule has 0 amide bonds. The second-order valence-electron chi connectivity index (χ2n) is 1.65. The van der Waals surface area contributed by atoms with Crippen molar-refractivity contribution in [3.05, 3.63) is 0 Å². The first kappa shape index (κ1) is 13.7. The van der Waals surface area contributed by atoms with Crippen LogP contribution in [0.2, 0.25) is 0 Å². The van der Waals surface area contributed by atoms with Gasteiger partial charge in [-0.05, 0) is 20.8 Å². The highest BCUT2D eigenvalue weighted by atomic mass is 28.3. The van der Waals surface area contributed by atoms with Crippen LogP contribution in [0.15, 0.2) is 0 Å². The lowest BCUT2D eigenvalue weighted by Gasteiger charge is -2.12. The Morgan fingerprint density at radius 2 is 1.09 bits per heavy atom. The molecule has 70 valence electrons. The van der Waals surface area contributed by atoms with E-state index in [4.69, 9.17) is 13.3 Å². The highest BCUT2D eigenvalue weighted by molar-refractivity contribution is 6.36. The van der Waals surface area contributed by atoms with Crippen molar-refractivity contribution in [3.63, 3.8) is 0 Å². The van der Waals surface area contributed by atoms with Gasteiger partial charge in [-0.25, -0.2) is 0 Å². The molecule has 0 fully saturated rings. The van der Waals surface area contributed by atoms with E-state index in [0.29, 0.717) is 19.8 Å². The van der Waals surface area contributed by atoms with Gasteiger partial charge in [0.15, 0.2) is 0 Å². The van der Waals surface area contributed by atoms with E-state index in [0.717, 1.165) is 0 Å². The summed E-state index contributed by atoms with van der Waals surface area (Å²) in [4.78, 5) is 0. The Balaban J connectivity index is 0. The summed E-state index contributed by atoms with van der Waals surface area (Å²) in [5.41, 5.74) is 0. The maximum Gasteiger partial charge on any atom is 0.484 e. The fourth-order valence-electron chi connectivity index (χ4n) is 0.553. The van der Waals surface area contributed by atoms with E-state index in [1.807, 2.05) is 20.8 Å². The Hall–Kier alpha value is 0.0969. The zero-order chi connectivity index (χ0) is 7.82. The first-order chi connectivity index (χ1) is 4.85. The molecule has 0 rings (SSSR count). The van der Waals surface area contributed by atoms with Gasteiger partial charge in [-0.2, -0.15) is 0 Å². The number of hydrogen-bond acceptors (Lipinski definition) is 3. The van der Waals surface area contributed by atoms with Crippen LogP contribution < -0.4 is 0 Å². The van der Waals surface area contributed by atoms with Crippen LogP contribution in [0.4, 0.5) is 0 Å². The van der Waals surface area contributed by atoms with Crippen molar-refractivity contribution < 1.29 is 13.3 Å². The van der Waals surface area contributed by atoms with Gasteiger partial charge in [0, 0.05) is 19.8 Å². The maximum atomic E-state index is 5.22. The number of rotatable bonds is 6. The summed E-state index contributed by atoms with van der Waals surface area (Å²) in [6, 6.07) is 0. The normalized spacial score (nSPS) is 9.82. The molecule has 0 N–H and O–H groups in total. The fourth-order valence-corrected chi connectivity index (χ4v) is 1.66. The molecule has 0 saturated carbocycles. The molecule has 0 aliphatic carbocycles. The predicted octanol–water partition coefficient (Wildman–Crippen LogP) is 1.45. The minimum atomic E-state index is -1.73. The van der Waals surface area contributed by atoms with Crippen LogP contribution in [0.1, 0.15) is 28.2 Å². The first-order valence-corrected chi connectivity index (χ1v) is 5.11. The molecule has 0 aromatic carbocycles. The minimum Gasteiger partial charge on any atom is -0.376 e. The molecular formula is C7H20O3Si. The standard InChI is InChI=1S/C6H16O3Si.CH4/c1-4-7-10(8-5-2)9-6-3;/h10H,4-6H2,1-3H3;1H4. The van der Waals surface area contributed by atoms with Gasteiger partial charge >= 0.3 is 9.53 Å². The van der Waals surface area contributed by atoms with E-state index in [9.17, 15) is 0 Å². The molecule has 0 aliphatic rings. The molecule has 0 atom stereocenters. The SMILES string of the molecule is C.CCO[SiH](OCC)OCC. The Bertz CT molecular complexity index is 56.4. The largest absolute Gasteiger partial charge is 0.484 e. The van der Waals surface area contributed by atoms with Gasteiger partial charge in [0.2, 0.25) is 0 Å². The van der Waals surface area contributed by atoms with Crippen molar-refractivity contribution in [2.24, 2.45) is 0 Å². The van der Waals surface area contributed by atoms with Gasteiger partial charge in [0.25, 0.3) is 0 Å². The zero-order valence-corrected chi connectivity index (χ0v) is 8.08. The Kier molecular flexibility index (Phi) is 12.5. The molecule has 3 nitrogen and oxygen atoms in total. The van der Waals surface area contributed by atoms with Crippen LogP contribution in [0.25, 0.3) is 0 Å². The summed E-state index contributed by atoms with van der Waals surface area (Å²) in [5, 5.41) is 0. The third-order valence-electron chi connectivity index (χ3n) is 0.908. The quantitative estimate of drug-likeness (QED) is 0.579. The van der Waals surface area contributed by atoms with Crippen molar-refractivity contribution in [3.8, 4) is 0 Å². The summed E-state index contributed by atoms with van der Waals surface area (Å²) in [5.74, 6) is 0. The topological polar surface area (TPSA) is 27.7 Å². The minimum absolute atomic E-state index is 0. The van der Waals surface area contributed by atoms with Crippen molar-refractivity contribution in [2.45, 2.75) is 28.2 Å². The average Bonchev–Trinajstić information content (AvgIpc) is 1.90. The lowest BCUT2D eigenvalue weighted by molar-refractivity contribution is 0.107. The van der Waals surface area contributed by atoms with Crippen molar-refractivity contribution in [1.29, 1.82) is 0 Å². The van der Waals surface area contributed by atoms with Crippen LogP contribution in [0.5, 0.6) is 0 Å². The zero-order valence-electron chi connectivity index (χ0n) is 6.92. The first-order valence-electron chi connectivity index (χ1n) is 3.69. The summed E-state index contributed by atoms with van der Waals surface area (Å²) in [6.45, 7) is 7.86. The molecule has 0 unspecified atom stereocenters. The molecule has 0 spiro atoms. The van der Waals surface area contributed by atoms with Crippen LogP contribution in [-0.4, -0.2) is 29.3 Å². The van der Waals surface area contributed by atoms with Gasteiger partial charge < -0.3 is 13.3 Å². The molecule has 0 bridgehead atoms. The van der Waals surface area contributed by atoms with Crippen molar-refractivity contribution in [2.75, 3.05) is 19.8 Å². The van der Waals surface area contributed by atoms with Crippen LogP contribution in [-0.2, 0) is 13.3 Å². The van der Waals surface area contributed by atoms with E-state index in [-0.39, 0.29) is 7.43 Å². The van der Waals surface area contributed by atoms with E-state index >= 15 is 0 Å². The second-order valence-corrected chi connectivity index (χ2v) is 3.23. The van der Waals surface area contributed by atoms with Gasteiger partial charge in [0.05, 0.1) is 0 Å². The summed E-state index contributed by atoms with van der Waals surface area (Å²) in [7, 11) is -1.73. The summed E-state index contributed by atoms with van der Waals surface area (Å²) in [6.07, 6.45) is 0. The second kappa shape index (κ2) is 10.1. The highest BCUT2D eigenvalue weighted by Crippen LogP contribution is 1.90. The third-order valence-corrected chi connectivity index (χ3v) is 2.72. The summed E-state index contributed by atoms with van der Waals surface area (Å²) < 4.78 is 15.7. The molecule has 4 heteroatoms. The molecule has 0 aromatic heterocycles. The fraction of sp³-hybridized carbons (Fsp3) is 1.00. The van der Waals surface area contributed by atoms with Crippen molar-refractivity contribution in [1.82, 2.24) is 0 Å². The summed E-state index contributed by atoms with van der Waals surface area (Å²) >= 11 is 0. The third kappa shape index (κ3) is 8.00. The lowest BCUT2D eigenvalue weighted by atomic mass is 10.9. The maximum absolute atomic E-state index is 5.22. The Labute approximate surface area is 71.6 Å². The van der Waals surface area contributed by atoms with Gasteiger partial charge in [-0.3, -0.25) is 0 Å². The molecule has 0 aliphatic heterocycles. The van der Waals surface area contributed by atoms with Gasteiger partial charge in [-0.1, -0.05) is 7.43 Å². The van der Waals surface area contributed by atoms with E-state index in [1.165, 1.54) is 0 Å². The molecular weight excluding hydrogens is 160 g/mol. The Morgan fingerprint density at radius 3 is 1.27 bits per heavy atom. The molecule has 0 saturated heterocycles. The lowest BCUT2D eigenvalue weighted by Crippen LogP contribution is -2.27. The molecule has 0 heterocycles. The van der Waals surface area contributed by atoms with E-state index < -0.39 is 9.53 Å². The van der Waals surface area contributed by atoms with Gasteiger partial charge in [0.1, 0.15) is 0 Å².